The molecular weight excluding hydrogens is 408 g/mol. The molecule has 0 saturated heterocycles. The number of fused-ring (bicyclic) bond motifs is 5. The van der Waals surface area contributed by atoms with Crippen molar-refractivity contribution in [2.75, 3.05) is 14.2 Å². The molecule has 0 radical (unpaired) electrons. The Balaban J connectivity index is 0.00000125. The highest BCUT2D eigenvalue weighted by molar-refractivity contribution is 5.69. The number of ether oxygens (including phenoxy) is 1. The summed E-state index contributed by atoms with van der Waals surface area (Å²) in [7, 11) is 2.44. The van der Waals surface area contributed by atoms with Gasteiger partial charge >= 0.3 is 7.40 Å². The van der Waals surface area contributed by atoms with Gasteiger partial charge in [-0.3, -0.25) is 11.2 Å². The lowest BCUT2D eigenvalue weighted by Gasteiger charge is -2.65. The van der Waals surface area contributed by atoms with E-state index >= 15 is 0 Å². The van der Waals surface area contributed by atoms with Gasteiger partial charge in [-0.05, 0) is 73.0 Å². The molecule has 0 amide bonds. The van der Waals surface area contributed by atoms with Crippen LogP contribution in [0, 0.1) is 52.8 Å². The summed E-state index contributed by atoms with van der Waals surface area (Å²) in [5, 5.41) is 40.0. The van der Waals surface area contributed by atoms with E-state index in [1.165, 1.54) is 7.11 Å². The van der Waals surface area contributed by atoms with Gasteiger partial charge in [0.1, 0.15) is 0 Å². The molecule has 0 aromatic carbocycles. The molecule has 0 aromatic rings. The van der Waals surface area contributed by atoms with E-state index in [0.29, 0.717) is 36.0 Å². The molecule has 0 bridgehead atoms. The van der Waals surface area contributed by atoms with Gasteiger partial charge in [0.05, 0.1) is 19.3 Å². The van der Waals surface area contributed by atoms with Gasteiger partial charge in [-0.1, -0.05) is 38.7 Å². The molecule has 32 heavy (non-hydrogen) atoms. The molecule has 0 aromatic heterocycles. The van der Waals surface area contributed by atoms with Gasteiger partial charge in [-0.2, -0.15) is 6.42 Å². The van der Waals surface area contributed by atoms with Crippen LogP contribution in [0.25, 0.3) is 0 Å². The SMILES string of the molecule is CO.COC(=O)CC[C@@H](C)[C@H]1CC[C@H]2[C@@H]3[C@H](O)C[C@@H]4C[C@H](O)[CH-]C[C@]4(C)[C@H]3C[C@H](O)[C@]12C.[H+]. The molecule has 11 atom stereocenters. The summed E-state index contributed by atoms with van der Waals surface area (Å²) < 4.78 is 4.83. The molecule has 0 aliphatic heterocycles. The van der Waals surface area contributed by atoms with Crippen molar-refractivity contribution in [3.63, 3.8) is 0 Å². The fraction of sp³-hybridized carbons (Fsp3) is 0.923. The quantitative estimate of drug-likeness (QED) is 0.384. The Morgan fingerprint density at radius 3 is 2.47 bits per heavy atom. The minimum Gasteiger partial charge on any atom is -0.469 e. The fourth-order valence-corrected chi connectivity index (χ4v) is 8.56. The highest BCUT2D eigenvalue weighted by Crippen LogP contribution is 2.68. The van der Waals surface area contributed by atoms with Crippen molar-refractivity contribution in [3.05, 3.63) is 6.42 Å². The number of carbonyl (C=O) groups is 1. The maximum atomic E-state index is 11.7. The van der Waals surface area contributed by atoms with Crippen molar-refractivity contribution in [2.45, 2.75) is 90.4 Å². The predicted molar refractivity (Wildman–Crippen MR) is 123 cm³/mol. The van der Waals surface area contributed by atoms with E-state index in [0.717, 1.165) is 52.1 Å². The van der Waals surface area contributed by atoms with E-state index in [1.54, 1.807) is 0 Å². The van der Waals surface area contributed by atoms with Crippen LogP contribution in [0.3, 0.4) is 0 Å². The van der Waals surface area contributed by atoms with E-state index in [1.807, 2.05) is 0 Å². The van der Waals surface area contributed by atoms with Crippen molar-refractivity contribution < 1.29 is 31.4 Å². The van der Waals surface area contributed by atoms with E-state index in [4.69, 9.17) is 9.84 Å². The molecule has 186 valence electrons. The van der Waals surface area contributed by atoms with Gasteiger partial charge in [0, 0.05) is 13.5 Å². The number of aliphatic hydroxyl groups excluding tert-OH is 4. The van der Waals surface area contributed by atoms with Gasteiger partial charge in [-0.15, -0.1) is 0 Å². The second kappa shape index (κ2) is 9.89. The molecule has 6 heteroatoms. The number of hydrogen-bond donors (Lipinski definition) is 4. The summed E-state index contributed by atoms with van der Waals surface area (Å²) in [4.78, 5) is 11.7. The lowest BCUT2D eigenvalue weighted by Crippen LogP contribution is -2.62. The van der Waals surface area contributed by atoms with Gasteiger partial charge in [-0.25, -0.2) is 0 Å². The Morgan fingerprint density at radius 1 is 1.12 bits per heavy atom. The first kappa shape index (κ1) is 25.9. The first-order valence-corrected chi connectivity index (χ1v) is 12.5. The zero-order valence-electron chi connectivity index (χ0n) is 21.5. The van der Waals surface area contributed by atoms with E-state index in [9.17, 15) is 20.1 Å². The number of carbonyl (C=O) groups excluding carboxylic acids is 1. The Bertz CT molecular complexity index is 661. The van der Waals surface area contributed by atoms with Crippen molar-refractivity contribution in [2.24, 2.45) is 46.3 Å². The molecule has 4 aliphatic carbocycles. The lowest BCUT2D eigenvalue weighted by molar-refractivity contribution is -0.202. The first-order valence-electron chi connectivity index (χ1n) is 12.5. The van der Waals surface area contributed by atoms with Crippen molar-refractivity contribution in [1.82, 2.24) is 0 Å². The van der Waals surface area contributed by atoms with E-state index < -0.39 is 0 Å². The summed E-state index contributed by atoms with van der Waals surface area (Å²) in [6.07, 6.45) is 7.41. The summed E-state index contributed by atoms with van der Waals surface area (Å²) in [5.74, 6) is 1.70. The normalized spacial score (nSPS) is 48.4. The maximum Gasteiger partial charge on any atom is 1.00 e. The Kier molecular flexibility index (Phi) is 8.01. The van der Waals surface area contributed by atoms with E-state index in [2.05, 4.69) is 27.2 Å². The molecule has 4 fully saturated rings. The van der Waals surface area contributed by atoms with Gasteiger partial charge < -0.3 is 25.2 Å². The minimum absolute atomic E-state index is 0. The molecular formula is C26H46O6. The average Bonchev–Trinajstić information content (AvgIpc) is 3.13. The van der Waals surface area contributed by atoms with Crippen LogP contribution in [0.5, 0.6) is 0 Å². The highest BCUT2D eigenvalue weighted by Gasteiger charge is 2.64. The topological polar surface area (TPSA) is 107 Å². The van der Waals surface area contributed by atoms with Crippen LogP contribution in [0.1, 0.15) is 73.6 Å². The zero-order valence-corrected chi connectivity index (χ0v) is 20.5. The Morgan fingerprint density at radius 2 is 1.81 bits per heavy atom. The van der Waals surface area contributed by atoms with Gasteiger partial charge in [0.15, 0.2) is 0 Å². The molecule has 4 rings (SSSR count). The second-order valence-electron chi connectivity index (χ2n) is 11.4. The molecule has 4 saturated carbocycles. The minimum atomic E-state index is -0.383. The number of hydrogen-bond acceptors (Lipinski definition) is 6. The smallest absolute Gasteiger partial charge is 0.469 e. The summed E-state index contributed by atoms with van der Waals surface area (Å²) in [6.45, 7) is 6.80. The number of aliphatic hydroxyl groups is 4. The van der Waals surface area contributed by atoms with Crippen LogP contribution in [0.2, 0.25) is 0 Å². The fourth-order valence-electron chi connectivity index (χ4n) is 8.56. The van der Waals surface area contributed by atoms with Gasteiger partial charge in [0.2, 0.25) is 0 Å². The molecule has 0 heterocycles. The third-order valence-electron chi connectivity index (χ3n) is 10.3. The van der Waals surface area contributed by atoms with Crippen molar-refractivity contribution >= 4 is 5.97 Å². The number of esters is 1. The first-order chi connectivity index (χ1) is 15.1. The Labute approximate surface area is 195 Å². The predicted octanol–water partition coefficient (Wildman–Crippen LogP) is 3.07. The van der Waals surface area contributed by atoms with Crippen LogP contribution >= 0.6 is 0 Å². The largest absolute Gasteiger partial charge is 1.00 e. The van der Waals surface area contributed by atoms with Crippen LogP contribution in [0.4, 0.5) is 0 Å². The maximum absolute atomic E-state index is 11.7. The highest BCUT2D eigenvalue weighted by atomic mass is 16.5. The van der Waals surface area contributed by atoms with Crippen LogP contribution in [0.15, 0.2) is 0 Å². The molecule has 4 aliphatic rings. The van der Waals surface area contributed by atoms with E-state index in [-0.39, 0.29) is 42.5 Å². The van der Waals surface area contributed by atoms with Crippen molar-refractivity contribution in [3.8, 4) is 0 Å². The number of methoxy groups -OCH3 is 1. The molecule has 6 nitrogen and oxygen atoms in total. The average molecular weight is 455 g/mol. The molecule has 0 spiro atoms. The van der Waals surface area contributed by atoms with Gasteiger partial charge in [0.25, 0.3) is 0 Å². The van der Waals surface area contributed by atoms with Crippen LogP contribution in [-0.4, -0.2) is 58.9 Å². The summed E-state index contributed by atoms with van der Waals surface area (Å²) in [6, 6.07) is 0. The number of rotatable bonds is 4. The standard InChI is InChI=1S/C25H41O5.CH4O/c1-14(5-8-22(29)30-4)17-6-7-18-23-19(13-21(28)25(17,18)3)24(2)10-9-16(26)11-15(24)12-20(23)27;1-2/h9,14-21,23,26-28H,5-8,10-13H2,1-4H3;2H,1H3/q-1;/p+1/t14-,15+,16-,17-,18+,19+,20-,21+,23+,24+,25-;/m1./s1. The zero-order chi connectivity index (χ0) is 23.8. The Hall–Kier alpha value is -0.690. The monoisotopic (exact) mass is 454 g/mol. The van der Waals surface area contributed by atoms with Crippen LogP contribution < -0.4 is 0 Å². The third kappa shape index (κ3) is 4.14. The molecule has 0 unspecified atom stereocenters. The summed E-state index contributed by atoms with van der Waals surface area (Å²) in [5.41, 5.74) is -0.154. The summed E-state index contributed by atoms with van der Waals surface area (Å²) >= 11 is 0. The molecule has 4 N–H and O–H groups in total. The van der Waals surface area contributed by atoms with Crippen molar-refractivity contribution in [1.29, 1.82) is 0 Å². The second-order valence-corrected chi connectivity index (χ2v) is 11.4. The lowest BCUT2D eigenvalue weighted by atomic mass is 9.43. The van der Waals surface area contributed by atoms with Crippen LogP contribution in [-0.2, 0) is 9.53 Å². The third-order valence-corrected chi connectivity index (χ3v) is 10.3.